The third-order valence-electron chi connectivity index (χ3n) is 3.14. The molecule has 1 aromatic rings. The Labute approximate surface area is 101 Å². The van der Waals surface area contributed by atoms with Crippen molar-refractivity contribution in [3.8, 4) is 0 Å². The van der Waals surface area contributed by atoms with Gasteiger partial charge in [-0.25, -0.2) is 4.79 Å². The molecule has 0 saturated carbocycles. The zero-order chi connectivity index (χ0) is 12.3. The van der Waals surface area contributed by atoms with E-state index in [2.05, 4.69) is 4.98 Å². The van der Waals surface area contributed by atoms with Gasteiger partial charge >= 0.3 is 5.97 Å². The third kappa shape index (κ3) is 2.64. The molecule has 0 unspecified atom stereocenters. The van der Waals surface area contributed by atoms with Crippen LogP contribution in [0.5, 0.6) is 0 Å². The first-order valence-corrected chi connectivity index (χ1v) is 5.96. The average molecular weight is 235 g/mol. The molecule has 0 aliphatic heterocycles. The molecule has 1 aliphatic rings. The molecule has 92 valence electrons. The van der Waals surface area contributed by atoms with Crippen LogP contribution in [0.25, 0.3) is 0 Å². The normalized spacial score (nSPS) is 15.1. The van der Waals surface area contributed by atoms with Gasteiger partial charge in [0.1, 0.15) is 0 Å². The molecular weight excluding hydrogens is 218 g/mol. The lowest BCUT2D eigenvalue weighted by molar-refractivity contribution is 0.0690. The van der Waals surface area contributed by atoms with Crippen LogP contribution in [0.3, 0.4) is 0 Å². The van der Waals surface area contributed by atoms with Crippen molar-refractivity contribution in [1.82, 2.24) is 4.98 Å². The summed E-state index contributed by atoms with van der Waals surface area (Å²) in [5, 5.41) is 9.17. The minimum atomic E-state index is -0.920. The molecule has 0 atom stereocenters. The fraction of sp³-hybridized carbons (Fsp3) is 0.538. The Hall–Kier alpha value is -1.42. The summed E-state index contributed by atoms with van der Waals surface area (Å²) in [5.41, 5.74) is 2.98. The van der Waals surface area contributed by atoms with Crippen LogP contribution in [-0.4, -0.2) is 23.2 Å². The SMILES string of the molecule is COCc1nc2c(cc1C(=O)O)CCCCC2. The van der Waals surface area contributed by atoms with Crippen LogP contribution in [0.4, 0.5) is 0 Å². The van der Waals surface area contributed by atoms with Gasteiger partial charge in [-0.3, -0.25) is 4.98 Å². The quantitative estimate of drug-likeness (QED) is 0.816. The summed E-state index contributed by atoms with van der Waals surface area (Å²) >= 11 is 0. The number of aryl methyl sites for hydroxylation is 2. The Morgan fingerprint density at radius 3 is 2.88 bits per heavy atom. The predicted octanol–water partition coefficient (Wildman–Crippen LogP) is 2.20. The number of pyridine rings is 1. The van der Waals surface area contributed by atoms with E-state index in [0.29, 0.717) is 5.69 Å². The Bertz CT molecular complexity index is 429. The van der Waals surface area contributed by atoms with Crippen LogP contribution in [0.1, 0.15) is 46.6 Å². The molecule has 0 aromatic carbocycles. The lowest BCUT2D eigenvalue weighted by Gasteiger charge is -2.10. The second kappa shape index (κ2) is 5.27. The molecule has 0 amide bonds. The van der Waals surface area contributed by atoms with Crippen molar-refractivity contribution in [2.45, 2.75) is 38.7 Å². The van der Waals surface area contributed by atoms with E-state index in [1.54, 1.807) is 13.2 Å². The van der Waals surface area contributed by atoms with Crippen molar-refractivity contribution in [3.05, 3.63) is 28.6 Å². The smallest absolute Gasteiger partial charge is 0.337 e. The van der Waals surface area contributed by atoms with Crippen LogP contribution < -0.4 is 0 Å². The Kier molecular flexibility index (Phi) is 3.74. The van der Waals surface area contributed by atoms with E-state index in [1.807, 2.05) is 0 Å². The lowest BCUT2D eigenvalue weighted by Crippen LogP contribution is -2.10. The Morgan fingerprint density at radius 1 is 1.41 bits per heavy atom. The largest absolute Gasteiger partial charge is 0.478 e. The summed E-state index contributed by atoms with van der Waals surface area (Å²) in [7, 11) is 1.55. The van der Waals surface area contributed by atoms with Crippen LogP contribution in [0, 0.1) is 0 Å². The molecule has 1 aromatic heterocycles. The lowest BCUT2D eigenvalue weighted by atomic mass is 10.0. The molecule has 1 aliphatic carbocycles. The maximum atomic E-state index is 11.2. The monoisotopic (exact) mass is 235 g/mol. The zero-order valence-corrected chi connectivity index (χ0v) is 10.0. The first kappa shape index (κ1) is 12.0. The van der Waals surface area contributed by atoms with Crippen molar-refractivity contribution in [2.75, 3.05) is 7.11 Å². The molecule has 0 spiro atoms. The van der Waals surface area contributed by atoms with Crippen LogP contribution in [0.2, 0.25) is 0 Å². The fourth-order valence-electron chi connectivity index (χ4n) is 2.29. The average Bonchev–Trinajstić information content (AvgIpc) is 2.52. The number of hydrogen-bond acceptors (Lipinski definition) is 3. The van der Waals surface area contributed by atoms with Crippen molar-refractivity contribution in [1.29, 1.82) is 0 Å². The van der Waals surface area contributed by atoms with Gasteiger partial charge in [0.15, 0.2) is 0 Å². The van der Waals surface area contributed by atoms with Gasteiger partial charge < -0.3 is 9.84 Å². The maximum Gasteiger partial charge on any atom is 0.337 e. The molecule has 0 saturated heterocycles. The maximum absolute atomic E-state index is 11.2. The Balaban J connectivity index is 2.44. The molecular formula is C13H17NO3. The number of ether oxygens (including phenoxy) is 1. The van der Waals surface area contributed by atoms with Gasteiger partial charge in [0.2, 0.25) is 0 Å². The van der Waals surface area contributed by atoms with Gasteiger partial charge in [0, 0.05) is 12.8 Å². The summed E-state index contributed by atoms with van der Waals surface area (Å²) in [6.07, 6.45) is 5.34. The highest BCUT2D eigenvalue weighted by atomic mass is 16.5. The molecule has 4 heteroatoms. The molecule has 1 N–H and O–H groups in total. The molecule has 0 radical (unpaired) electrons. The second-order valence-electron chi connectivity index (χ2n) is 4.39. The van der Waals surface area contributed by atoms with Gasteiger partial charge in [-0.1, -0.05) is 6.42 Å². The summed E-state index contributed by atoms with van der Waals surface area (Å²) in [6.45, 7) is 0.259. The van der Waals surface area contributed by atoms with Gasteiger partial charge in [-0.2, -0.15) is 0 Å². The standard InChI is InChI=1S/C13H17NO3/c1-17-8-12-10(13(15)16)7-9-5-3-2-4-6-11(9)14-12/h7H,2-6,8H2,1H3,(H,15,16). The summed E-state index contributed by atoms with van der Waals surface area (Å²) < 4.78 is 5.02. The number of aromatic carboxylic acids is 1. The van der Waals surface area contributed by atoms with Crippen LogP contribution in [-0.2, 0) is 24.2 Å². The Morgan fingerprint density at radius 2 is 2.18 bits per heavy atom. The summed E-state index contributed by atoms with van der Waals surface area (Å²) in [5.74, 6) is -0.920. The first-order chi connectivity index (χ1) is 8.22. The minimum absolute atomic E-state index is 0.259. The second-order valence-corrected chi connectivity index (χ2v) is 4.39. The van der Waals surface area contributed by atoms with E-state index in [9.17, 15) is 4.79 Å². The van der Waals surface area contributed by atoms with Gasteiger partial charge in [-0.05, 0) is 37.3 Å². The van der Waals surface area contributed by atoms with E-state index < -0.39 is 5.97 Å². The van der Waals surface area contributed by atoms with Gasteiger partial charge in [0.25, 0.3) is 0 Å². The van der Waals surface area contributed by atoms with Crippen molar-refractivity contribution in [2.24, 2.45) is 0 Å². The number of fused-ring (bicyclic) bond motifs is 1. The number of hydrogen-bond donors (Lipinski definition) is 1. The first-order valence-electron chi connectivity index (χ1n) is 5.96. The van der Waals surface area contributed by atoms with E-state index >= 15 is 0 Å². The topological polar surface area (TPSA) is 59.4 Å². The highest BCUT2D eigenvalue weighted by Crippen LogP contribution is 2.22. The van der Waals surface area contributed by atoms with Gasteiger partial charge in [0.05, 0.1) is 17.9 Å². The van der Waals surface area contributed by atoms with Crippen LogP contribution >= 0.6 is 0 Å². The predicted molar refractivity (Wildman–Crippen MR) is 63.2 cm³/mol. The van der Waals surface area contributed by atoms with E-state index in [1.165, 1.54) is 6.42 Å². The van der Waals surface area contributed by atoms with Crippen molar-refractivity contribution < 1.29 is 14.6 Å². The van der Waals surface area contributed by atoms with Crippen molar-refractivity contribution >= 4 is 5.97 Å². The third-order valence-corrected chi connectivity index (χ3v) is 3.14. The zero-order valence-electron chi connectivity index (χ0n) is 10.0. The molecule has 0 bridgehead atoms. The minimum Gasteiger partial charge on any atom is -0.478 e. The van der Waals surface area contributed by atoms with Crippen molar-refractivity contribution in [3.63, 3.8) is 0 Å². The van der Waals surface area contributed by atoms with Gasteiger partial charge in [-0.15, -0.1) is 0 Å². The molecule has 0 fully saturated rings. The molecule has 1 heterocycles. The number of carboxylic acids is 1. The highest BCUT2D eigenvalue weighted by Gasteiger charge is 2.17. The summed E-state index contributed by atoms with van der Waals surface area (Å²) in [6, 6.07) is 1.78. The summed E-state index contributed by atoms with van der Waals surface area (Å²) in [4.78, 5) is 15.7. The number of methoxy groups -OCH3 is 1. The number of nitrogens with zero attached hydrogens (tertiary/aromatic N) is 1. The van der Waals surface area contributed by atoms with Crippen LogP contribution in [0.15, 0.2) is 6.07 Å². The number of carboxylic acid groups (broad SMARTS) is 1. The van der Waals surface area contributed by atoms with E-state index in [4.69, 9.17) is 9.84 Å². The molecule has 2 rings (SSSR count). The van der Waals surface area contributed by atoms with E-state index in [0.717, 1.165) is 36.9 Å². The molecule has 4 nitrogen and oxygen atoms in total. The number of aromatic nitrogens is 1. The molecule has 17 heavy (non-hydrogen) atoms. The number of rotatable bonds is 3. The fourth-order valence-corrected chi connectivity index (χ4v) is 2.29. The highest BCUT2D eigenvalue weighted by molar-refractivity contribution is 5.89. The number of carbonyl (C=O) groups is 1. The van der Waals surface area contributed by atoms with E-state index in [-0.39, 0.29) is 12.2 Å².